The van der Waals surface area contributed by atoms with Gasteiger partial charge in [0, 0.05) is 43.8 Å². The second-order valence-electron chi connectivity index (χ2n) is 11.7. The molecule has 4 aromatic carbocycles. The number of aromatic nitrogens is 4. The van der Waals surface area contributed by atoms with E-state index in [1.807, 2.05) is 98.2 Å². The Labute approximate surface area is 314 Å². The Kier molecular flexibility index (Phi) is 11.4. The Bertz CT molecular complexity index is 2000. The zero-order valence-corrected chi connectivity index (χ0v) is 31.3. The van der Waals surface area contributed by atoms with E-state index in [-0.39, 0.29) is 32.6 Å². The van der Waals surface area contributed by atoms with Crippen molar-refractivity contribution in [1.29, 1.82) is 0 Å². The van der Waals surface area contributed by atoms with Gasteiger partial charge in [-0.15, -0.1) is 6.07 Å². The SMILES string of the molecule is CCOC1N(c2ccccc2)c2ncc(CC)nc2N1c1ccccc1.[CH2-]C1N(c2[c-]cccc2)c2nc(CC)cnc2N1c1ccccc1.[Ir]. The van der Waals surface area contributed by atoms with Gasteiger partial charge in [-0.05, 0) is 62.3 Å². The molecule has 4 heterocycles. The molecule has 0 fully saturated rings. The molecule has 2 aliphatic heterocycles. The Morgan fingerprint density at radius 1 is 0.588 bits per heavy atom. The molecule has 0 aliphatic carbocycles. The maximum atomic E-state index is 6.16. The number of benzene rings is 4. The molecule has 8 rings (SSSR count). The van der Waals surface area contributed by atoms with E-state index in [0.29, 0.717) is 6.61 Å². The van der Waals surface area contributed by atoms with Crippen LogP contribution in [0.1, 0.15) is 32.2 Å². The number of aryl methyl sites for hydroxylation is 2. The molecule has 0 saturated carbocycles. The van der Waals surface area contributed by atoms with Crippen molar-refractivity contribution < 1.29 is 24.8 Å². The molecule has 51 heavy (non-hydrogen) atoms. The smallest absolute Gasteiger partial charge is 0.221 e. The zero-order chi connectivity index (χ0) is 34.5. The number of hydrogen-bond donors (Lipinski definition) is 0. The van der Waals surface area contributed by atoms with Crippen molar-refractivity contribution >= 4 is 46.0 Å². The summed E-state index contributed by atoms with van der Waals surface area (Å²) in [5.41, 5.74) is 6.00. The van der Waals surface area contributed by atoms with E-state index in [0.717, 1.165) is 70.3 Å². The Hall–Kier alpha value is -5.15. The molecule has 9 nitrogen and oxygen atoms in total. The minimum absolute atomic E-state index is 0. The first-order chi connectivity index (χ1) is 24.6. The van der Waals surface area contributed by atoms with Crippen LogP contribution in [0.4, 0.5) is 46.0 Å². The predicted molar refractivity (Wildman–Crippen MR) is 201 cm³/mol. The predicted octanol–water partition coefficient (Wildman–Crippen LogP) is 8.94. The monoisotopic (exact) mass is 853 g/mol. The molecule has 0 N–H and O–H groups in total. The molecule has 0 spiro atoms. The first-order valence-corrected chi connectivity index (χ1v) is 17.1. The van der Waals surface area contributed by atoms with Gasteiger partial charge in [-0.2, -0.15) is 24.3 Å². The van der Waals surface area contributed by atoms with Gasteiger partial charge in [-0.25, -0.2) is 19.9 Å². The average Bonchev–Trinajstić information content (AvgIpc) is 3.66. The van der Waals surface area contributed by atoms with Crippen molar-refractivity contribution in [3.63, 3.8) is 0 Å². The van der Waals surface area contributed by atoms with Gasteiger partial charge >= 0.3 is 0 Å². The standard InChI is InChI=1S/C21H22N4O.C20H18N4.Ir/c1-3-16-15-22-19-20(23-16)25(18-13-9-6-10-14-18)21(26-4-2)24(19)17-11-7-5-8-12-17;1-3-16-14-21-19-20(22-16)24(18-12-8-5-9-13-18)15(2)23(19)17-10-6-4-7-11-17;/h5-15,21H,3-4H2,1-2H3;4-12,14-15H,2-3H2,1H3;/q;-2;. The minimum Gasteiger partial charge on any atom is -0.355 e. The number of anilines is 8. The second-order valence-corrected chi connectivity index (χ2v) is 11.7. The van der Waals surface area contributed by atoms with Crippen LogP contribution in [0.15, 0.2) is 128 Å². The zero-order valence-electron chi connectivity index (χ0n) is 28.9. The van der Waals surface area contributed by atoms with E-state index in [1.165, 1.54) is 0 Å². The first-order valence-electron chi connectivity index (χ1n) is 17.1. The summed E-state index contributed by atoms with van der Waals surface area (Å²) >= 11 is 0. The number of fused-ring (bicyclic) bond motifs is 2. The van der Waals surface area contributed by atoms with E-state index in [4.69, 9.17) is 19.7 Å². The Morgan fingerprint density at radius 2 is 1.04 bits per heavy atom. The summed E-state index contributed by atoms with van der Waals surface area (Å²) in [5.74, 6) is 3.31. The van der Waals surface area contributed by atoms with Crippen LogP contribution in [0.2, 0.25) is 0 Å². The Balaban J connectivity index is 0.000000173. The van der Waals surface area contributed by atoms with Crippen LogP contribution >= 0.6 is 0 Å². The summed E-state index contributed by atoms with van der Waals surface area (Å²) in [6.07, 6.45) is 4.89. The number of ether oxygens (including phenoxy) is 1. The molecule has 2 unspecified atom stereocenters. The van der Waals surface area contributed by atoms with Crippen LogP contribution in [-0.4, -0.2) is 39.1 Å². The fourth-order valence-corrected chi connectivity index (χ4v) is 6.21. The van der Waals surface area contributed by atoms with Crippen LogP contribution in [-0.2, 0) is 37.7 Å². The average molecular weight is 853 g/mol. The Morgan fingerprint density at radius 3 is 1.51 bits per heavy atom. The summed E-state index contributed by atoms with van der Waals surface area (Å²) in [6.45, 7) is 11.1. The van der Waals surface area contributed by atoms with Crippen molar-refractivity contribution in [3.05, 3.63) is 152 Å². The van der Waals surface area contributed by atoms with Crippen molar-refractivity contribution in [2.75, 3.05) is 26.2 Å². The summed E-state index contributed by atoms with van der Waals surface area (Å²) in [4.78, 5) is 27.6. The van der Waals surface area contributed by atoms with Crippen LogP contribution in [0.25, 0.3) is 0 Å². The van der Waals surface area contributed by atoms with Gasteiger partial charge in [0.2, 0.25) is 6.35 Å². The van der Waals surface area contributed by atoms with E-state index >= 15 is 0 Å². The number of hydrogen-bond acceptors (Lipinski definition) is 9. The summed E-state index contributed by atoms with van der Waals surface area (Å²) < 4.78 is 6.16. The third-order valence-electron chi connectivity index (χ3n) is 8.62. The van der Waals surface area contributed by atoms with Crippen LogP contribution in [0.5, 0.6) is 0 Å². The van der Waals surface area contributed by atoms with Gasteiger partial charge in [0.1, 0.15) is 0 Å². The molecule has 2 atom stereocenters. The molecule has 2 aliphatic rings. The van der Waals surface area contributed by atoms with Gasteiger partial charge in [-0.3, -0.25) is 9.80 Å². The summed E-state index contributed by atoms with van der Waals surface area (Å²) in [7, 11) is 0. The summed E-state index contributed by atoms with van der Waals surface area (Å²) in [6, 6.07) is 41.8. The molecule has 0 saturated heterocycles. The van der Waals surface area contributed by atoms with Crippen molar-refractivity contribution in [2.45, 2.75) is 46.1 Å². The van der Waals surface area contributed by atoms with Crippen LogP contribution < -0.4 is 19.6 Å². The van der Waals surface area contributed by atoms with Gasteiger partial charge in [-0.1, -0.05) is 74.1 Å². The van der Waals surface area contributed by atoms with Crippen molar-refractivity contribution in [2.24, 2.45) is 0 Å². The molecule has 261 valence electrons. The number of rotatable bonds is 8. The maximum absolute atomic E-state index is 6.16. The number of nitrogens with zero attached hydrogens (tertiary/aromatic N) is 8. The minimum atomic E-state index is -0.327. The van der Waals surface area contributed by atoms with Gasteiger partial charge in [0.25, 0.3) is 0 Å². The molecule has 2 aromatic heterocycles. The van der Waals surface area contributed by atoms with Gasteiger partial charge in [0.05, 0.1) is 23.8 Å². The summed E-state index contributed by atoms with van der Waals surface area (Å²) in [5, 5.41) is 0. The molecular formula is C41H40IrN8O-2. The largest absolute Gasteiger partial charge is 0.355 e. The second kappa shape index (κ2) is 16.2. The third kappa shape index (κ3) is 7.08. The van der Waals surface area contributed by atoms with E-state index in [1.54, 1.807) is 0 Å². The van der Waals surface area contributed by atoms with Gasteiger partial charge in [0.15, 0.2) is 23.3 Å². The molecule has 6 aromatic rings. The van der Waals surface area contributed by atoms with E-state index < -0.39 is 0 Å². The normalized spacial score (nSPS) is 15.8. The van der Waals surface area contributed by atoms with Gasteiger partial charge < -0.3 is 21.5 Å². The number of para-hydroxylation sites is 4. The fourth-order valence-electron chi connectivity index (χ4n) is 6.21. The quantitative estimate of drug-likeness (QED) is 0.140. The van der Waals surface area contributed by atoms with Crippen molar-refractivity contribution in [1.82, 2.24) is 19.9 Å². The fraction of sp³-hybridized carbons (Fsp3) is 0.195. The molecule has 0 bridgehead atoms. The molecular weight excluding hydrogens is 813 g/mol. The van der Waals surface area contributed by atoms with Crippen LogP contribution in [0, 0.1) is 13.0 Å². The molecule has 10 heteroatoms. The van der Waals surface area contributed by atoms with Crippen LogP contribution in [0.3, 0.4) is 0 Å². The maximum Gasteiger partial charge on any atom is 0.221 e. The van der Waals surface area contributed by atoms with Crippen molar-refractivity contribution in [3.8, 4) is 0 Å². The van der Waals surface area contributed by atoms with E-state index in [2.05, 4.69) is 87.8 Å². The third-order valence-corrected chi connectivity index (χ3v) is 8.62. The molecule has 1 radical (unpaired) electrons. The molecule has 0 amide bonds. The van der Waals surface area contributed by atoms with E-state index in [9.17, 15) is 0 Å². The topological polar surface area (TPSA) is 73.8 Å². The first kappa shape index (κ1) is 35.7.